The van der Waals surface area contributed by atoms with Gasteiger partial charge in [0.15, 0.2) is 5.82 Å². The minimum Gasteiger partial charge on any atom is -0.339 e. The Balaban J connectivity index is 2.04. The van der Waals surface area contributed by atoms with Crippen molar-refractivity contribution in [2.24, 2.45) is 0 Å². The molecule has 2 unspecified atom stereocenters. The lowest BCUT2D eigenvalue weighted by atomic mass is 9.84. The van der Waals surface area contributed by atoms with Crippen LogP contribution >= 0.6 is 0 Å². The van der Waals surface area contributed by atoms with Gasteiger partial charge < -0.3 is 9.84 Å². The molecule has 114 valence electrons. The number of nitrogens with one attached hydrogen (secondary N) is 1. The van der Waals surface area contributed by atoms with Crippen LogP contribution < -0.4 is 5.32 Å². The molecule has 1 saturated carbocycles. The predicted octanol–water partition coefficient (Wildman–Crippen LogP) is 3.20. The van der Waals surface area contributed by atoms with E-state index in [4.69, 9.17) is 4.52 Å². The van der Waals surface area contributed by atoms with E-state index >= 15 is 0 Å². The first kappa shape index (κ1) is 15.3. The number of halogens is 3. The fraction of sp³-hybridized carbons (Fsp3) is 0.846. The molecule has 0 bridgehead atoms. The van der Waals surface area contributed by atoms with E-state index < -0.39 is 12.6 Å². The summed E-state index contributed by atoms with van der Waals surface area (Å²) in [6.07, 6.45) is -0.347. The quantitative estimate of drug-likeness (QED) is 0.905. The molecule has 4 nitrogen and oxygen atoms in total. The first-order valence-electron chi connectivity index (χ1n) is 7.12. The highest BCUT2D eigenvalue weighted by molar-refractivity contribution is 5.02. The number of alkyl halides is 3. The summed E-state index contributed by atoms with van der Waals surface area (Å²) in [7, 11) is 0. The summed E-state index contributed by atoms with van der Waals surface area (Å²) >= 11 is 0. The average molecular weight is 291 g/mol. The minimum absolute atomic E-state index is 0.0322. The maximum Gasteiger partial charge on any atom is 0.396 e. The summed E-state index contributed by atoms with van der Waals surface area (Å²) in [6.45, 7) is 2.98. The Morgan fingerprint density at radius 3 is 2.75 bits per heavy atom. The molecule has 0 spiro atoms. The Morgan fingerprint density at radius 2 is 2.05 bits per heavy atom. The molecule has 2 rings (SSSR count). The zero-order valence-electron chi connectivity index (χ0n) is 11.5. The SMILES string of the molecule is CCCNC1CCCCC1c1nc(CC(F)(F)F)no1. The molecule has 1 aliphatic carbocycles. The second kappa shape index (κ2) is 6.56. The topological polar surface area (TPSA) is 51.0 Å². The maximum absolute atomic E-state index is 12.3. The van der Waals surface area contributed by atoms with Crippen molar-refractivity contribution in [3.8, 4) is 0 Å². The van der Waals surface area contributed by atoms with Gasteiger partial charge in [0, 0.05) is 6.04 Å². The molecule has 20 heavy (non-hydrogen) atoms. The van der Waals surface area contributed by atoms with E-state index in [-0.39, 0.29) is 17.8 Å². The summed E-state index contributed by atoms with van der Waals surface area (Å²) in [5.74, 6) is 0.106. The number of aromatic nitrogens is 2. The van der Waals surface area contributed by atoms with Crippen molar-refractivity contribution in [1.29, 1.82) is 0 Å². The largest absolute Gasteiger partial charge is 0.396 e. The van der Waals surface area contributed by atoms with Crippen molar-refractivity contribution < 1.29 is 17.7 Å². The molecular formula is C13H20F3N3O. The Kier molecular flexibility index (Phi) is 5.01. The van der Waals surface area contributed by atoms with Crippen molar-refractivity contribution in [3.63, 3.8) is 0 Å². The molecule has 1 aromatic heterocycles. The summed E-state index contributed by atoms with van der Waals surface area (Å²) in [5, 5.41) is 6.88. The van der Waals surface area contributed by atoms with Crippen LogP contribution in [0.4, 0.5) is 13.2 Å². The second-order valence-electron chi connectivity index (χ2n) is 5.29. The first-order chi connectivity index (χ1) is 9.49. The van der Waals surface area contributed by atoms with E-state index in [2.05, 4.69) is 22.4 Å². The molecule has 1 aromatic rings. The molecule has 0 amide bonds. The van der Waals surface area contributed by atoms with Crippen LogP contribution in [0, 0.1) is 0 Å². The molecule has 1 aliphatic rings. The number of rotatable bonds is 5. The monoisotopic (exact) mass is 291 g/mol. The van der Waals surface area contributed by atoms with Crippen molar-refractivity contribution >= 4 is 0 Å². The highest BCUT2D eigenvalue weighted by atomic mass is 19.4. The number of nitrogens with zero attached hydrogens (tertiary/aromatic N) is 2. The smallest absolute Gasteiger partial charge is 0.339 e. The minimum atomic E-state index is -4.30. The zero-order valence-corrected chi connectivity index (χ0v) is 11.5. The highest BCUT2D eigenvalue weighted by Crippen LogP contribution is 2.32. The van der Waals surface area contributed by atoms with Crippen molar-refractivity contribution in [2.45, 2.75) is 63.6 Å². The van der Waals surface area contributed by atoms with Crippen LogP contribution in [0.5, 0.6) is 0 Å². The van der Waals surface area contributed by atoms with E-state index in [0.717, 1.165) is 38.6 Å². The fourth-order valence-corrected chi connectivity index (χ4v) is 2.67. The molecule has 0 radical (unpaired) electrons. The molecule has 2 atom stereocenters. The van der Waals surface area contributed by atoms with Gasteiger partial charge in [-0.3, -0.25) is 0 Å². The Labute approximate surface area is 116 Å². The summed E-state index contributed by atoms with van der Waals surface area (Å²) in [4.78, 5) is 3.94. The molecule has 7 heteroatoms. The maximum atomic E-state index is 12.3. The van der Waals surface area contributed by atoms with Gasteiger partial charge in [-0.05, 0) is 25.8 Å². The Bertz CT molecular complexity index is 419. The van der Waals surface area contributed by atoms with Crippen LogP contribution in [-0.2, 0) is 6.42 Å². The standard InChI is InChI=1S/C13H20F3N3O/c1-2-7-17-10-6-4-3-5-9(10)12-18-11(19-20-12)8-13(14,15)16/h9-10,17H,2-8H2,1H3. The van der Waals surface area contributed by atoms with E-state index in [9.17, 15) is 13.2 Å². The predicted molar refractivity (Wildman–Crippen MR) is 67.3 cm³/mol. The van der Waals surface area contributed by atoms with Gasteiger partial charge in [-0.25, -0.2) is 0 Å². The van der Waals surface area contributed by atoms with Crippen molar-refractivity contribution in [2.75, 3.05) is 6.54 Å². The second-order valence-corrected chi connectivity index (χ2v) is 5.29. The van der Waals surface area contributed by atoms with E-state index in [0.29, 0.717) is 5.89 Å². The molecule has 1 heterocycles. The van der Waals surface area contributed by atoms with Crippen molar-refractivity contribution in [1.82, 2.24) is 15.5 Å². The zero-order chi connectivity index (χ0) is 14.6. The molecular weight excluding hydrogens is 271 g/mol. The van der Waals surface area contributed by atoms with E-state index in [1.54, 1.807) is 0 Å². The Morgan fingerprint density at radius 1 is 1.30 bits per heavy atom. The van der Waals surface area contributed by atoms with Gasteiger partial charge in [0.2, 0.25) is 5.89 Å². The van der Waals surface area contributed by atoms with Crippen LogP contribution in [0.2, 0.25) is 0 Å². The summed E-state index contributed by atoms with van der Waals surface area (Å²) < 4.78 is 42.0. The molecule has 1 fully saturated rings. The van der Waals surface area contributed by atoms with Gasteiger partial charge in [-0.2, -0.15) is 18.2 Å². The number of hydrogen-bond donors (Lipinski definition) is 1. The molecule has 1 N–H and O–H groups in total. The molecule has 0 aliphatic heterocycles. The van der Waals surface area contributed by atoms with Crippen LogP contribution in [0.25, 0.3) is 0 Å². The molecule has 0 saturated heterocycles. The van der Waals surface area contributed by atoms with Crippen LogP contribution in [0.1, 0.15) is 56.7 Å². The lowest BCUT2D eigenvalue weighted by molar-refractivity contribution is -0.128. The van der Waals surface area contributed by atoms with Gasteiger partial charge in [-0.15, -0.1) is 0 Å². The number of hydrogen-bond acceptors (Lipinski definition) is 4. The lowest BCUT2D eigenvalue weighted by Crippen LogP contribution is -2.37. The Hall–Kier alpha value is -1.11. The van der Waals surface area contributed by atoms with Crippen LogP contribution in [-0.4, -0.2) is 28.9 Å². The molecule has 0 aromatic carbocycles. The highest BCUT2D eigenvalue weighted by Gasteiger charge is 2.34. The first-order valence-corrected chi connectivity index (χ1v) is 7.12. The third-order valence-corrected chi connectivity index (χ3v) is 3.58. The van der Waals surface area contributed by atoms with Gasteiger partial charge in [0.25, 0.3) is 0 Å². The van der Waals surface area contributed by atoms with Gasteiger partial charge >= 0.3 is 6.18 Å². The normalized spacial score (nSPS) is 24.0. The summed E-state index contributed by atoms with van der Waals surface area (Å²) in [5.41, 5.74) is 0. The van der Waals surface area contributed by atoms with Crippen LogP contribution in [0.15, 0.2) is 4.52 Å². The third-order valence-electron chi connectivity index (χ3n) is 3.58. The fourth-order valence-electron chi connectivity index (χ4n) is 2.67. The van der Waals surface area contributed by atoms with Gasteiger partial charge in [0.1, 0.15) is 6.42 Å². The lowest BCUT2D eigenvalue weighted by Gasteiger charge is -2.29. The van der Waals surface area contributed by atoms with Gasteiger partial charge in [0.05, 0.1) is 5.92 Å². The van der Waals surface area contributed by atoms with Crippen molar-refractivity contribution in [3.05, 3.63) is 11.7 Å². The van der Waals surface area contributed by atoms with Gasteiger partial charge in [-0.1, -0.05) is 24.9 Å². The summed E-state index contributed by atoms with van der Waals surface area (Å²) in [6, 6.07) is 0.225. The van der Waals surface area contributed by atoms with E-state index in [1.807, 2.05) is 0 Å². The van der Waals surface area contributed by atoms with E-state index in [1.165, 1.54) is 0 Å². The average Bonchev–Trinajstić information content (AvgIpc) is 2.82. The third kappa shape index (κ3) is 4.19. The van der Waals surface area contributed by atoms with Crippen LogP contribution in [0.3, 0.4) is 0 Å².